The second-order valence-corrected chi connectivity index (χ2v) is 7.90. The quantitative estimate of drug-likeness (QED) is 0.781. The maximum atomic E-state index is 5.87. The van der Waals surface area contributed by atoms with Crippen LogP contribution in [0, 0.1) is 11.3 Å². The van der Waals surface area contributed by atoms with Crippen molar-refractivity contribution in [3.8, 4) is 10.6 Å². The van der Waals surface area contributed by atoms with E-state index in [2.05, 4.69) is 26.8 Å². The molecule has 1 heterocycles. The molecule has 0 bridgehead atoms. The van der Waals surface area contributed by atoms with Crippen LogP contribution >= 0.6 is 11.3 Å². The fraction of sp³-hybridized carbons (Fsp3) is 0.471. The topological polar surface area (TPSA) is 38.9 Å². The molecule has 3 heteroatoms. The number of nitrogen functional groups attached to an aromatic ring is 1. The Labute approximate surface area is 125 Å². The molecule has 0 aliphatic heterocycles. The predicted molar refractivity (Wildman–Crippen MR) is 86.9 cm³/mol. The maximum absolute atomic E-state index is 5.87. The van der Waals surface area contributed by atoms with Crippen molar-refractivity contribution in [2.75, 3.05) is 5.73 Å². The van der Waals surface area contributed by atoms with Crippen molar-refractivity contribution in [1.29, 1.82) is 0 Å². The number of hydrogen-bond acceptors (Lipinski definition) is 3. The molecule has 0 radical (unpaired) electrons. The molecule has 0 saturated carbocycles. The Kier molecular flexibility index (Phi) is 3.33. The molecule has 1 aromatic carbocycles. The van der Waals surface area contributed by atoms with E-state index >= 15 is 0 Å². The van der Waals surface area contributed by atoms with Gasteiger partial charge in [0.15, 0.2) is 0 Å². The molecule has 0 saturated heterocycles. The highest BCUT2D eigenvalue weighted by molar-refractivity contribution is 7.15. The Morgan fingerprint density at radius 1 is 1.30 bits per heavy atom. The molecule has 1 aliphatic rings. The van der Waals surface area contributed by atoms with E-state index < -0.39 is 0 Å². The van der Waals surface area contributed by atoms with Crippen LogP contribution in [0.4, 0.5) is 5.69 Å². The zero-order chi connectivity index (χ0) is 14.3. The Bertz CT molecular complexity index is 622. The SMILES string of the molecule is CC(C)(C)C1CCc2nc(-c3cccc(N)c3)sc2C1. The van der Waals surface area contributed by atoms with Gasteiger partial charge in [0, 0.05) is 16.1 Å². The summed E-state index contributed by atoms with van der Waals surface area (Å²) >= 11 is 1.85. The normalized spacial score (nSPS) is 18.9. The summed E-state index contributed by atoms with van der Waals surface area (Å²) in [5.41, 5.74) is 9.53. The number of benzene rings is 1. The molecule has 0 amide bonds. The summed E-state index contributed by atoms with van der Waals surface area (Å²) in [5.74, 6) is 0.768. The lowest BCUT2D eigenvalue weighted by Crippen LogP contribution is -2.26. The second kappa shape index (κ2) is 4.88. The van der Waals surface area contributed by atoms with Crippen molar-refractivity contribution in [1.82, 2.24) is 4.98 Å². The summed E-state index contributed by atoms with van der Waals surface area (Å²) in [4.78, 5) is 6.32. The second-order valence-electron chi connectivity index (χ2n) is 6.82. The Hall–Kier alpha value is -1.35. The van der Waals surface area contributed by atoms with Crippen LogP contribution < -0.4 is 5.73 Å². The first-order valence-corrected chi connectivity index (χ1v) is 8.09. The molecule has 1 atom stereocenters. The first-order valence-electron chi connectivity index (χ1n) is 7.28. The fourth-order valence-corrected chi connectivity index (χ4v) is 4.09. The van der Waals surface area contributed by atoms with E-state index in [1.54, 1.807) is 0 Å². The zero-order valence-electron chi connectivity index (χ0n) is 12.4. The van der Waals surface area contributed by atoms with Crippen molar-refractivity contribution in [2.45, 2.75) is 40.0 Å². The first kappa shape index (κ1) is 13.6. The average molecular weight is 286 g/mol. The van der Waals surface area contributed by atoms with Crippen LogP contribution in [0.1, 0.15) is 37.8 Å². The van der Waals surface area contributed by atoms with Gasteiger partial charge in [-0.3, -0.25) is 0 Å². The Morgan fingerprint density at radius 2 is 2.10 bits per heavy atom. The molecule has 1 aliphatic carbocycles. The molecule has 0 spiro atoms. The van der Waals surface area contributed by atoms with Gasteiger partial charge in [-0.25, -0.2) is 4.98 Å². The van der Waals surface area contributed by atoms with Gasteiger partial charge in [-0.2, -0.15) is 0 Å². The summed E-state index contributed by atoms with van der Waals surface area (Å²) in [6, 6.07) is 8.04. The van der Waals surface area contributed by atoms with Gasteiger partial charge in [-0.15, -0.1) is 11.3 Å². The highest BCUT2D eigenvalue weighted by Crippen LogP contribution is 2.40. The number of nitrogens with zero attached hydrogens (tertiary/aromatic N) is 1. The van der Waals surface area contributed by atoms with Gasteiger partial charge in [-0.1, -0.05) is 32.9 Å². The number of fused-ring (bicyclic) bond motifs is 1. The lowest BCUT2D eigenvalue weighted by atomic mass is 9.73. The molecule has 20 heavy (non-hydrogen) atoms. The van der Waals surface area contributed by atoms with Crippen LogP contribution in [0.2, 0.25) is 0 Å². The average Bonchev–Trinajstić information content (AvgIpc) is 2.80. The minimum absolute atomic E-state index is 0.388. The summed E-state index contributed by atoms with van der Waals surface area (Å²) in [7, 11) is 0. The van der Waals surface area contributed by atoms with Crippen molar-refractivity contribution in [3.05, 3.63) is 34.8 Å². The molecular formula is C17H22N2S. The van der Waals surface area contributed by atoms with Crippen LogP contribution in [0.15, 0.2) is 24.3 Å². The van der Waals surface area contributed by atoms with Crippen LogP contribution in [0.25, 0.3) is 10.6 Å². The van der Waals surface area contributed by atoms with Gasteiger partial charge in [0.1, 0.15) is 5.01 Å². The minimum Gasteiger partial charge on any atom is -0.399 e. The van der Waals surface area contributed by atoms with E-state index in [-0.39, 0.29) is 0 Å². The third kappa shape index (κ3) is 2.59. The molecule has 3 rings (SSSR count). The number of aromatic nitrogens is 1. The van der Waals surface area contributed by atoms with E-state index in [9.17, 15) is 0 Å². The Morgan fingerprint density at radius 3 is 2.80 bits per heavy atom. The van der Waals surface area contributed by atoms with Crippen molar-refractivity contribution in [3.63, 3.8) is 0 Å². The largest absolute Gasteiger partial charge is 0.399 e. The monoisotopic (exact) mass is 286 g/mol. The van der Waals surface area contributed by atoms with Crippen LogP contribution in [-0.2, 0) is 12.8 Å². The fourth-order valence-electron chi connectivity index (χ4n) is 2.91. The number of anilines is 1. The summed E-state index contributed by atoms with van der Waals surface area (Å²) in [6.45, 7) is 7.05. The zero-order valence-corrected chi connectivity index (χ0v) is 13.3. The predicted octanol–water partition coefficient (Wildman–Crippen LogP) is 4.54. The third-order valence-corrected chi connectivity index (χ3v) is 5.47. The molecular weight excluding hydrogens is 264 g/mol. The molecule has 1 aromatic heterocycles. The van der Waals surface area contributed by atoms with Gasteiger partial charge in [0.05, 0.1) is 5.69 Å². The van der Waals surface area contributed by atoms with Gasteiger partial charge in [0.2, 0.25) is 0 Å². The third-order valence-electron chi connectivity index (χ3n) is 4.30. The van der Waals surface area contributed by atoms with Crippen LogP contribution in [-0.4, -0.2) is 4.98 Å². The number of thiazole rings is 1. The van der Waals surface area contributed by atoms with Gasteiger partial charge in [-0.05, 0) is 42.7 Å². The molecule has 0 fully saturated rings. The molecule has 2 aromatic rings. The highest BCUT2D eigenvalue weighted by atomic mass is 32.1. The standard InChI is InChI=1S/C17H22N2S/c1-17(2,3)12-7-8-14-15(10-12)20-16(19-14)11-5-4-6-13(18)9-11/h4-6,9,12H,7-8,10,18H2,1-3H3. The summed E-state index contributed by atoms with van der Waals surface area (Å²) in [6.07, 6.45) is 3.56. The van der Waals surface area contributed by atoms with E-state index in [0.29, 0.717) is 5.41 Å². The molecule has 1 unspecified atom stereocenters. The van der Waals surface area contributed by atoms with Crippen molar-refractivity contribution < 1.29 is 0 Å². The summed E-state index contributed by atoms with van der Waals surface area (Å²) in [5, 5.41) is 1.12. The summed E-state index contributed by atoms with van der Waals surface area (Å²) < 4.78 is 0. The van der Waals surface area contributed by atoms with Crippen LogP contribution in [0.5, 0.6) is 0 Å². The van der Waals surface area contributed by atoms with Crippen molar-refractivity contribution in [2.24, 2.45) is 11.3 Å². The van der Waals surface area contributed by atoms with Crippen LogP contribution in [0.3, 0.4) is 0 Å². The lowest BCUT2D eigenvalue weighted by molar-refractivity contribution is 0.217. The van der Waals surface area contributed by atoms with E-state index in [4.69, 9.17) is 10.7 Å². The number of rotatable bonds is 1. The van der Waals surface area contributed by atoms with Crippen molar-refractivity contribution >= 4 is 17.0 Å². The van der Waals surface area contributed by atoms with E-state index in [0.717, 1.165) is 28.6 Å². The van der Waals surface area contributed by atoms with Gasteiger partial charge in [0.25, 0.3) is 0 Å². The van der Waals surface area contributed by atoms with Gasteiger partial charge >= 0.3 is 0 Å². The maximum Gasteiger partial charge on any atom is 0.123 e. The molecule has 106 valence electrons. The molecule has 2 nitrogen and oxygen atoms in total. The Balaban J connectivity index is 1.91. The number of aryl methyl sites for hydroxylation is 1. The minimum atomic E-state index is 0.388. The lowest BCUT2D eigenvalue weighted by Gasteiger charge is -2.33. The molecule has 2 N–H and O–H groups in total. The van der Waals surface area contributed by atoms with Gasteiger partial charge < -0.3 is 5.73 Å². The first-order chi connectivity index (χ1) is 9.43. The number of hydrogen-bond donors (Lipinski definition) is 1. The smallest absolute Gasteiger partial charge is 0.123 e. The van der Waals surface area contributed by atoms with E-state index in [1.807, 2.05) is 29.5 Å². The number of nitrogens with two attached hydrogens (primary N) is 1. The van der Waals surface area contributed by atoms with E-state index in [1.165, 1.54) is 23.4 Å². The highest BCUT2D eigenvalue weighted by Gasteiger charge is 2.30.